The van der Waals surface area contributed by atoms with Gasteiger partial charge in [-0.1, -0.05) is 42.5 Å². The van der Waals surface area contributed by atoms with E-state index < -0.39 is 37.8 Å². The van der Waals surface area contributed by atoms with Crippen molar-refractivity contribution in [3.8, 4) is 11.1 Å². The number of halogens is 5. The summed E-state index contributed by atoms with van der Waals surface area (Å²) in [6.45, 7) is -1.72. The van der Waals surface area contributed by atoms with Gasteiger partial charge in [0.15, 0.2) is 0 Å². The summed E-state index contributed by atoms with van der Waals surface area (Å²) in [5, 5.41) is 3.02. The monoisotopic (exact) mass is 483 g/mol. The van der Waals surface area contributed by atoms with Crippen LogP contribution in [0.1, 0.15) is 17.5 Å². The Morgan fingerprint density at radius 1 is 1.12 bits per heavy atom. The number of amides is 1. The molecule has 10 heteroatoms. The van der Waals surface area contributed by atoms with Gasteiger partial charge in [0, 0.05) is 47.2 Å². The zero-order chi connectivity index (χ0) is 24.2. The normalized spacial score (nSPS) is 11.8. The summed E-state index contributed by atoms with van der Waals surface area (Å²) >= 11 is 5.05. The van der Waals surface area contributed by atoms with Crippen LogP contribution < -0.4 is 11.1 Å². The second-order valence-corrected chi connectivity index (χ2v) is 8.17. The highest BCUT2D eigenvalue weighted by Gasteiger charge is 2.31. The molecule has 4 nitrogen and oxygen atoms in total. The third kappa shape index (κ3) is 6.28. The zero-order valence-corrected chi connectivity index (χ0v) is 18.3. The summed E-state index contributed by atoms with van der Waals surface area (Å²) in [5.41, 5.74) is 9.17. The van der Waals surface area contributed by atoms with Crippen LogP contribution in [0.15, 0.2) is 48.7 Å². The van der Waals surface area contributed by atoms with Gasteiger partial charge in [0.1, 0.15) is 11.4 Å². The summed E-state index contributed by atoms with van der Waals surface area (Å²) < 4.78 is 65.3. The van der Waals surface area contributed by atoms with E-state index in [-0.39, 0.29) is 18.1 Å². The number of carbonyl (C=O) groups excluding carboxylic acids is 1. The minimum Gasteiger partial charge on any atom is -0.389 e. The lowest BCUT2D eigenvalue weighted by Gasteiger charge is -2.12. The largest absolute Gasteiger partial charge is 0.397 e. The molecule has 0 radical (unpaired) electrons. The molecule has 3 rings (SSSR count). The van der Waals surface area contributed by atoms with Crippen molar-refractivity contribution in [2.75, 3.05) is 13.3 Å². The minimum atomic E-state index is -4.59. The van der Waals surface area contributed by atoms with Crippen LogP contribution in [0, 0.1) is 5.92 Å². The van der Waals surface area contributed by atoms with Crippen molar-refractivity contribution < 1.29 is 26.7 Å². The predicted octanol–water partition coefficient (Wildman–Crippen LogP) is 5.07. The van der Waals surface area contributed by atoms with Crippen molar-refractivity contribution in [3.63, 3.8) is 0 Å². The Labute approximate surface area is 192 Å². The Hall–Kier alpha value is -3.01. The van der Waals surface area contributed by atoms with Crippen LogP contribution in [0.5, 0.6) is 0 Å². The summed E-state index contributed by atoms with van der Waals surface area (Å²) in [4.78, 5) is 11.8. The summed E-state index contributed by atoms with van der Waals surface area (Å²) in [7, 11) is 0. The molecule has 0 unspecified atom stereocenters. The SMILES string of the molecule is NC(=S)c1cccc(-c2cn(CC(CF)CF)c3cc(CNC(=O)CC(F)(F)F)ccc23)c1. The molecule has 0 aliphatic carbocycles. The van der Waals surface area contributed by atoms with Crippen LogP contribution in [0.3, 0.4) is 0 Å². The van der Waals surface area contributed by atoms with Crippen molar-refractivity contribution in [2.45, 2.75) is 25.7 Å². The first-order chi connectivity index (χ1) is 15.6. The number of hydrogen-bond donors (Lipinski definition) is 2. The molecule has 0 aliphatic heterocycles. The number of aromatic nitrogens is 1. The predicted molar refractivity (Wildman–Crippen MR) is 121 cm³/mol. The second-order valence-electron chi connectivity index (χ2n) is 7.74. The quantitative estimate of drug-likeness (QED) is 0.330. The van der Waals surface area contributed by atoms with E-state index in [9.17, 15) is 26.7 Å². The summed E-state index contributed by atoms with van der Waals surface area (Å²) in [6, 6.07) is 12.4. The molecule has 0 bridgehead atoms. The maximum Gasteiger partial charge on any atom is 0.397 e. The molecule has 33 heavy (non-hydrogen) atoms. The molecule has 0 atom stereocenters. The third-order valence-electron chi connectivity index (χ3n) is 5.15. The average Bonchev–Trinajstić information content (AvgIpc) is 3.12. The molecule has 1 heterocycles. The van der Waals surface area contributed by atoms with Crippen molar-refractivity contribution in [1.29, 1.82) is 0 Å². The Kier molecular flexibility index (Phi) is 7.68. The molecule has 3 aromatic rings. The molecule has 3 N–H and O–H groups in total. The molecule has 0 aliphatic rings. The number of hydrogen-bond acceptors (Lipinski definition) is 2. The van der Waals surface area contributed by atoms with E-state index in [4.69, 9.17) is 18.0 Å². The van der Waals surface area contributed by atoms with E-state index in [1.165, 1.54) is 0 Å². The number of nitrogens with two attached hydrogens (primary N) is 1. The first-order valence-electron chi connectivity index (χ1n) is 10.1. The lowest BCUT2D eigenvalue weighted by Crippen LogP contribution is -2.28. The standard InChI is InChI=1S/C23H22F5N3OS/c24-9-15(10-25)12-31-13-19(16-2-1-3-17(7-16)22(29)33)18-5-4-14(6-20(18)31)11-30-21(32)8-23(26,27)28/h1-7,13,15H,8-12H2,(H2,29,33)(H,30,32). The number of fused-ring (bicyclic) bond motifs is 1. The maximum atomic E-state index is 13.2. The second kappa shape index (κ2) is 10.3. The van der Waals surface area contributed by atoms with E-state index in [0.717, 1.165) is 16.5 Å². The molecule has 0 saturated heterocycles. The lowest BCUT2D eigenvalue weighted by molar-refractivity contribution is -0.153. The minimum absolute atomic E-state index is 0.0718. The summed E-state index contributed by atoms with van der Waals surface area (Å²) in [5.74, 6) is -1.98. The zero-order valence-electron chi connectivity index (χ0n) is 17.5. The molecule has 0 saturated carbocycles. The van der Waals surface area contributed by atoms with Crippen LogP contribution >= 0.6 is 12.2 Å². The lowest BCUT2D eigenvalue weighted by atomic mass is 10.0. The van der Waals surface area contributed by atoms with E-state index in [0.29, 0.717) is 16.6 Å². The summed E-state index contributed by atoms with van der Waals surface area (Å²) in [6.07, 6.45) is -4.39. The fourth-order valence-corrected chi connectivity index (χ4v) is 3.66. The first kappa shape index (κ1) is 24.6. The van der Waals surface area contributed by atoms with E-state index in [1.807, 2.05) is 12.1 Å². The van der Waals surface area contributed by atoms with Gasteiger partial charge in [-0.05, 0) is 23.3 Å². The smallest absolute Gasteiger partial charge is 0.389 e. The van der Waals surface area contributed by atoms with E-state index in [1.54, 1.807) is 41.1 Å². The van der Waals surface area contributed by atoms with Gasteiger partial charge in [-0.2, -0.15) is 13.2 Å². The number of rotatable bonds is 9. The average molecular weight is 484 g/mol. The van der Waals surface area contributed by atoms with Gasteiger partial charge in [-0.15, -0.1) is 0 Å². The maximum absolute atomic E-state index is 13.2. The van der Waals surface area contributed by atoms with Gasteiger partial charge < -0.3 is 15.6 Å². The highest BCUT2D eigenvalue weighted by molar-refractivity contribution is 7.80. The van der Waals surface area contributed by atoms with Crippen LogP contribution in [0.2, 0.25) is 0 Å². The van der Waals surface area contributed by atoms with Gasteiger partial charge in [0.25, 0.3) is 0 Å². The Morgan fingerprint density at radius 3 is 2.48 bits per heavy atom. The van der Waals surface area contributed by atoms with Crippen molar-refractivity contribution in [2.24, 2.45) is 11.7 Å². The molecule has 176 valence electrons. The first-order valence-corrected chi connectivity index (χ1v) is 10.5. The van der Waals surface area contributed by atoms with Gasteiger partial charge in [0.05, 0.1) is 13.3 Å². The molecular weight excluding hydrogens is 461 g/mol. The number of thiocarbonyl (C=S) groups is 1. The highest BCUT2D eigenvalue weighted by atomic mass is 32.1. The number of nitrogens with zero attached hydrogens (tertiary/aromatic N) is 1. The fourth-order valence-electron chi connectivity index (χ4n) is 3.53. The highest BCUT2D eigenvalue weighted by Crippen LogP contribution is 2.32. The van der Waals surface area contributed by atoms with Crippen molar-refractivity contribution >= 4 is 34.0 Å². The van der Waals surface area contributed by atoms with Crippen molar-refractivity contribution in [3.05, 3.63) is 59.8 Å². The Morgan fingerprint density at radius 2 is 1.85 bits per heavy atom. The molecule has 1 aromatic heterocycles. The molecule has 0 spiro atoms. The van der Waals surface area contributed by atoms with E-state index in [2.05, 4.69) is 5.32 Å². The van der Waals surface area contributed by atoms with Gasteiger partial charge >= 0.3 is 6.18 Å². The topological polar surface area (TPSA) is 60.0 Å². The van der Waals surface area contributed by atoms with Crippen molar-refractivity contribution in [1.82, 2.24) is 9.88 Å². The number of carbonyl (C=O) groups is 1. The van der Waals surface area contributed by atoms with Crippen LogP contribution in [0.4, 0.5) is 22.0 Å². The van der Waals surface area contributed by atoms with Crippen LogP contribution in [0.25, 0.3) is 22.0 Å². The Balaban J connectivity index is 1.99. The van der Waals surface area contributed by atoms with E-state index >= 15 is 0 Å². The number of nitrogens with one attached hydrogen (secondary N) is 1. The van der Waals surface area contributed by atoms with Gasteiger partial charge in [0.2, 0.25) is 5.91 Å². The van der Waals surface area contributed by atoms with Crippen LogP contribution in [-0.2, 0) is 17.9 Å². The molecule has 0 fully saturated rings. The molecular formula is C23H22F5N3OS. The molecule has 1 amide bonds. The Bertz CT molecular complexity index is 1150. The number of benzene rings is 2. The van der Waals surface area contributed by atoms with Gasteiger partial charge in [-0.25, -0.2) is 0 Å². The van der Waals surface area contributed by atoms with Gasteiger partial charge in [-0.3, -0.25) is 13.6 Å². The third-order valence-corrected chi connectivity index (χ3v) is 5.38. The molecule has 2 aromatic carbocycles. The fraction of sp³-hybridized carbons (Fsp3) is 0.304. The number of alkyl halides is 5. The van der Waals surface area contributed by atoms with Crippen LogP contribution in [-0.4, -0.2) is 35.0 Å².